The Labute approximate surface area is 134 Å². The molecule has 0 saturated carbocycles. The molecule has 2 atom stereocenters. The van der Waals surface area contributed by atoms with E-state index in [-0.39, 0.29) is 0 Å². The highest BCUT2D eigenvalue weighted by atomic mass is 32.1. The molecule has 1 aliphatic rings. The lowest BCUT2D eigenvalue weighted by Gasteiger charge is -2.46. The van der Waals surface area contributed by atoms with Crippen LogP contribution in [0, 0.1) is 19.3 Å². The lowest BCUT2D eigenvalue weighted by Crippen LogP contribution is -2.60. The number of rotatable bonds is 4. The molecule has 0 bridgehead atoms. The van der Waals surface area contributed by atoms with Gasteiger partial charge in [0.15, 0.2) is 0 Å². The van der Waals surface area contributed by atoms with Gasteiger partial charge in [0.1, 0.15) is 5.01 Å². The van der Waals surface area contributed by atoms with Crippen LogP contribution in [-0.4, -0.2) is 35.1 Å². The Morgan fingerprint density at radius 1 is 1.33 bits per heavy atom. The molecule has 3 nitrogen and oxygen atoms in total. The Hall–Kier alpha value is -0.450. The Balaban J connectivity index is 2.12. The second-order valence-electron chi connectivity index (χ2n) is 7.45. The zero-order valence-corrected chi connectivity index (χ0v) is 15.3. The molecule has 0 spiro atoms. The monoisotopic (exact) mass is 309 g/mol. The number of hydrogen-bond acceptors (Lipinski definition) is 4. The topological polar surface area (TPSA) is 28.2 Å². The van der Waals surface area contributed by atoms with Crippen molar-refractivity contribution in [3.05, 3.63) is 15.6 Å². The minimum absolute atomic E-state index is 0.297. The number of aryl methyl sites for hydroxylation is 2. The number of piperazine rings is 1. The molecule has 1 aromatic heterocycles. The van der Waals surface area contributed by atoms with E-state index in [1.807, 2.05) is 11.3 Å². The molecule has 2 rings (SSSR count). The highest BCUT2D eigenvalue weighted by Crippen LogP contribution is 2.29. The molecule has 21 heavy (non-hydrogen) atoms. The first kappa shape index (κ1) is 16.9. The number of nitrogens with zero attached hydrogens (tertiary/aromatic N) is 2. The number of aromatic nitrogens is 1. The summed E-state index contributed by atoms with van der Waals surface area (Å²) in [6, 6.07) is 1.21. The van der Waals surface area contributed by atoms with E-state index in [4.69, 9.17) is 4.98 Å². The predicted molar refractivity (Wildman–Crippen MR) is 91.9 cm³/mol. The van der Waals surface area contributed by atoms with Crippen LogP contribution in [0.2, 0.25) is 0 Å². The molecule has 1 aliphatic heterocycles. The molecule has 2 heterocycles. The van der Waals surface area contributed by atoms with Crippen molar-refractivity contribution in [2.24, 2.45) is 5.41 Å². The molecule has 1 aromatic rings. The van der Waals surface area contributed by atoms with Crippen LogP contribution >= 0.6 is 11.3 Å². The summed E-state index contributed by atoms with van der Waals surface area (Å²) in [6.45, 7) is 16.9. The van der Waals surface area contributed by atoms with Crippen LogP contribution in [0.5, 0.6) is 0 Å². The molecule has 0 aliphatic carbocycles. The van der Waals surface area contributed by atoms with Crippen LogP contribution < -0.4 is 5.32 Å². The smallest absolute Gasteiger partial charge is 0.107 e. The van der Waals surface area contributed by atoms with Gasteiger partial charge in [-0.1, -0.05) is 34.1 Å². The maximum Gasteiger partial charge on any atom is 0.107 e. The summed E-state index contributed by atoms with van der Waals surface area (Å²) in [5.41, 5.74) is 1.49. The molecule has 1 fully saturated rings. The highest BCUT2D eigenvalue weighted by Gasteiger charge is 2.35. The number of nitrogens with one attached hydrogen (secondary N) is 1. The van der Waals surface area contributed by atoms with Crippen LogP contribution in [0.3, 0.4) is 0 Å². The minimum Gasteiger partial charge on any atom is -0.311 e. The maximum atomic E-state index is 4.75. The standard InChI is InChI=1S/C17H31N3S/c1-7-8-14-10-20(15(9-18-14)17(4,5)6)11-16-19-12(2)13(3)21-16/h14-15,18H,7-11H2,1-6H3. The summed E-state index contributed by atoms with van der Waals surface area (Å²) in [5, 5.41) is 5.02. The summed E-state index contributed by atoms with van der Waals surface area (Å²) >= 11 is 1.86. The van der Waals surface area contributed by atoms with Gasteiger partial charge in [0.05, 0.1) is 12.2 Å². The zero-order valence-electron chi connectivity index (χ0n) is 14.5. The summed E-state index contributed by atoms with van der Waals surface area (Å²) in [4.78, 5) is 8.77. The second-order valence-corrected chi connectivity index (χ2v) is 8.74. The van der Waals surface area contributed by atoms with E-state index in [0.29, 0.717) is 17.5 Å². The average Bonchev–Trinajstić information content (AvgIpc) is 2.67. The van der Waals surface area contributed by atoms with E-state index < -0.39 is 0 Å². The van der Waals surface area contributed by atoms with Crippen molar-refractivity contribution in [3.8, 4) is 0 Å². The molecule has 1 N–H and O–H groups in total. The van der Waals surface area contributed by atoms with Crippen molar-refractivity contribution in [2.75, 3.05) is 13.1 Å². The Kier molecular flexibility index (Phi) is 5.44. The Morgan fingerprint density at radius 3 is 2.57 bits per heavy atom. The SMILES string of the molecule is CCCC1CN(Cc2nc(C)c(C)s2)C(C(C)(C)C)CN1. The van der Waals surface area contributed by atoms with Crippen LogP contribution in [0.25, 0.3) is 0 Å². The fourth-order valence-electron chi connectivity index (χ4n) is 3.23. The van der Waals surface area contributed by atoms with Gasteiger partial charge in [0, 0.05) is 30.1 Å². The van der Waals surface area contributed by atoms with Gasteiger partial charge in [-0.2, -0.15) is 0 Å². The van der Waals surface area contributed by atoms with Crippen LogP contribution in [0.1, 0.15) is 56.1 Å². The van der Waals surface area contributed by atoms with Gasteiger partial charge in [-0.3, -0.25) is 4.90 Å². The van der Waals surface area contributed by atoms with Crippen molar-refractivity contribution in [3.63, 3.8) is 0 Å². The third kappa shape index (κ3) is 4.27. The predicted octanol–water partition coefficient (Wildman–Crippen LogP) is 3.75. The van der Waals surface area contributed by atoms with Gasteiger partial charge in [-0.15, -0.1) is 11.3 Å². The van der Waals surface area contributed by atoms with E-state index in [0.717, 1.165) is 19.6 Å². The van der Waals surface area contributed by atoms with E-state index in [9.17, 15) is 0 Å². The lowest BCUT2D eigenvalue weighted by molar-refractivity contribution is 0.0474. The maximum absolute atomic E-state index is 4.75. The van der Waals surface area contributed by atoms with Crippen molar-refractivity contribution in [2.45, 2.75) is 73.0 Å². The average molecular weight is 310 g/mol. The van der Waals surface area contributed by atoms with E-state index in [2.05, 4.69) is 51.8 Å². The zero-order chi connectivity index (χ0) is 15.6. The normalized spacial score (nSPS) is 24.5. The summed E-state index contributed by atoms with van der Waals surface area (Å²) in [6.07, 6.45) is 2.52. The first-order valence-electron chi connectivity index (χ1n) is 8.21. The van der Waals surface area contributed by atoms with E-state index in [1.54, 1.807) is 0 Å². The third-order valence-corrected chi connectivity index (χ3v) is 5.60. The van der Waals surface area contributed by atoms with Gasteiger partial charge in [-0.05, 0) is 25.7 Å². The molecule has 1 saturated heterocycles. The summed E-state index contributed by atoms with van der Waals surface area (Å²) < 4.78 is 0. The third-order valence-electron chi connectivity index (χ3n) is 4.54. The molecule has 4 heteroatoms. The molecular weight excluding hydrogens is 278 g/mol. The molecule has 0 aromatic carbocycles. The number of thiazole rings is 1. The van der Waals surface area contributed by atoms with Crippen LogP contribution in [0.15, 0.2) is 0 Å². The van der Waals surface area contributed by atoms with E-state index in [1.165, 1.54) is 28.4 Å². The highest BCUT2D eigenvalue weighted by molar-refractivity contribution is 7.11. The second kappa shape index (κ2) is 6.76. The summed E-state index contributed by atoms with van der Waals surface area (Å²) in [7, 11) is 0. The molecule has 0 amide bonds. The van der Waals surface area contributed by atoms with Gasteiger partial charge in [0.25, 0.3) is 0 Å². The van der Waals surface area contributed by atoms with Crippen molar-refractivity contribution < 1.29 is 0 Å². The quantitative estimate of drug-likeness (QED) is 0.918. The number of hydrogen-bond donors (Lipinski definition) is 1. The van der Waals surface area contributed by atoms with Gasteiger partial charge >= 0.3 is 0 Å². The van der Waals surface area contributed by atoms with E-state index >= 15 is 0 Å². The molecule has 120 valence electrons. The Morgan fingerprint density at radius 2 is 2.05 bits per heavy atom. The fourth-order valence-corrected chi connectivity index (χ4v) is 4.19. The van der Waals surface area contributed by atoms with Crippen LogP contribution in [-0.2, 0) is 6.54 Å². The fraction of sp³-hybridized carbons (Fsp3) is 0.824. The van der Waals surface area contributed by atoms with Crippen molar-refractivity contribution in [1.29, 1.82) is 0 Å². The summed E-state index contributed by atoms with van der Waals surface area (Å²) in [5.74, 6) is 0. The Bertz CT molecular complexity index is 442. The van der Waals surface area contributed by atoms with Gasteiger partial charge < -0.3 is 5.32 Å². The minimum atomic E-state index is 0.297. The molecular formula is C17H31N3S. The van der Waals surface area contributed by atoms with Crippen molar-refractivity contribution >= 4 is 11.3 Å². The van der Waals surface area contributed by atoms with Gasteiger partial charge in [0.2, 0.25) is 0 Å². The van der Waals surface area contributed by atoms with Crippen molar-refractivity contribution in [1.82, 2.24) is 15.2 Å². The first-order chi connectivity index (χ1) is 9.81. The first-order valence-corrected chi connectivity index (χ1v) is 9.03. The molecule has 0 radical (unpaired) electrons. The molecule has 2 unspecified atom stereocenters. The van der Waals surface area contributed by atoms with Gasteiger partial charge in [-0.25, -0.2) is 4.98 Å². The lowest BCUT2D eigenvalue weighted by atomic mass is 9.83. The van der Waals surface area contributed by atoms with Crippen LogP contribution in [0.4, 0.5) is 0 Å². The largest absolute Gasteiger partial charge is 0.311 e.